The minimum absolute atomic E-state index is 0.0211. The smallest absolute Gasteiger partial charge is 0.234 e. The van der Waals surface area contributed by atoms with Gasteiger partial charge in [0.1, 0.15) is 0 Å². The molecule has 1 N–H and O–H groups in total. The topological polar surface area (TPSA) is 71.1 Å². The van der Waals surface area contributed by atoms with Gasteiger partial charge in [0.25, 0.3) is 0 Å². The van der Waals surface area contributed by atoms with E-state index in [1.807, 2.05) is 53.4 Å². The molecule has 1 saturated carbocycles. The fourth-order valence-electron chi connectivity index (χ4n) is 5.44. The molecule has 1 saturated heterocycles. The minimum Gasteiger partial charge on any atom is -0.454 e. The molecule has 0 radical (unpaired) electrons. The number of fused-ring (bicyclic) bond motifs is 1. The summed E-state index contributed by atoms with van der Waals surface area (Å²) in [5, 5.41) is 3.00. The normalized spacial score (nSPS) is 19.6. The third-order valence-corrected chi connectivity index (χ3v) is 7.40. The van der Waals surface area contributed by atoms with Gasteiger partial charge in [0.2, 0.25) is 18.6 Å². The first kappa shape index (κ1) is 22.7. The lowest BCUT2D eigenvalue weighted by Gasteiger charge is -2.43. The van der Waals surface area contributed by atoms with Crippen LogP contribution in [0.1, 0.15) is 43.2 Å². The van der Waals surface area contributed by atoms with Gasteiger partial charge in [-0.2, -0.15) is 0 Å². The summed E-state index contributed by atoms with van der Waals surface area (Å²) in [7, 11) is 0. The molecular weight excluding hydrogens is 430 g/mol. The van der Waals surface area contributed by atoms with E-state index >= 15 is 0 Å². The molecule has 0 bridgehead atoms. The standard InChI is InChI=1S/C27H33N3O4/c31-25(28-18-21-7-3-1-4-8-21)19-29-13-15-30(16-14-29)26(32)27(11-5-2-6-12-27)22-9-10-23-24(17-22)34-20-33-23/h1,3-4,7-10,17H,2,5-6,11-16,18-20H2,(H,28,31). The number of rotatable bonds is 6. The molecule has 0 unspecified atom stereocenters. The van der Waals surface area contributed by atoms with Gasteiger partial charge in [-0.3, -0.25) is 14.5 Å². The lowest BCUT2D eigenvalue weighted by atomic mass is 9.68. The molecule has 2 aromatic rings. The Bertz CT molecular complexity index is 1010. The van der Waals surface area contributed by atoms with Crippen LogP contribution in [0.15, 0.2) is 48.5 Å². The maximum atomic E-state index is 13.9. The number of hydrogen-bond acceptors (Lipinski definition) is 5. The molecule has 2 aromatic carbocycles. The highest BCUT2D eigenvalue weighted by molar-refractivity contribution is 5.89. The van der Waals surface area contributed by atoms with Crippen molar-refractivity contribution in [1.82, 2.24) is 15.1 Å². The molecule has 5 rings (SSSR count). The van der Waals surface area contributed by atoms with Crippen LogP contribution in [0, 0.1) is 0 Å². The van der Waals surface area contributed by atoms with E-state index in [9.17, 15) is 9.59 Å². The Morgan fingerprint density at radius 2 is 1.62 bits per heavy atom. The highest BCUT2D eigenvalue weighted by atomic mass is 16.7. The predicted molar refractivity (Wildman–Crippen MR) is 129 cm³/mol. The number of nitrogens with zero attached hydrogens (tertiary/aromatic N) is 2. The Labute approximate surface area is 201 Å². The average Bonchev–Trinajstić information content (AvgIpc) is 3.37. The van der Waals surface area contributed by atoms with Crippen molar-refractivity contribution < 1.29 is 19.1 Å². The van der Waals surface area contributed by atoms with Gasteiger partial charge in [-0.1, -0.05) is 55.7 Å². The second-order valence-corrected chi connectivity index (χ2v) is 9.54. The lowest BCUT2D eigenvalue weighted by Crippen LogP contribution is -2.56. The van der Waals surface area contributed by atoms with Crippen molar-refractivity contribution in [3.8, 4) is 11.5 Å². The van der Waals surface area contributed by atoms with Gasteiger partial charge in [-0.25, -0.2) is 0 Å². The van der Waals surface area contributed by atoms with E-state index < -0.39 is 5.41 Å². The minimum atomic E-state index is -0.492. The number of ether oxygens (including phenoxy) is 2. The Kier molecular flexibility index (Phi) is 6.72. The van der Waals surface area contributed by atoms with Crippen molar-refractivity contribution in [2.24, 2.45) is 0 Å². The van der Waals surface area contributed by atoms with Gasteiger partial charge in [-0.15, -0.1) is 0 Å². The molecule has 0 spiro atoms. The van der Waals surface area contributed by atoms with Gasteiger partial charge < -0.3 is 19.7 Å². The number of piperazine rings is 1. The molecule has 7 heteroatoms. The molecule has 34 heavy (non-hydrogen) atoms. The van der Waals surface area contributed by atoms with Crippen molar-refractivity contribution >= 4 is 11.8 Å². The fourth-order valence-corrected chi connectivity index (χ4v) is 5.44. The van der Waals surface area contributed by atoms with Crippen molar-refractivity contribution in [2.75, 3.05) is 39.5 Å². The quantitative estimate of drug-likeness (QED) is 0.713. The summed E-state index contributed by atoms with van der Waals surface area (Å²) in [6.07, 6.45) is 5.02. The van der Waals surface area contributed by atoms with Crippen LogP contribution < -0.4 is 14.8 Å². The predicted octanol–water partition coefficient (Wildman–Crippen LogP) is 3.08. The summed E-state index contributed by atoms with van der Waals surface area (Å²) >= 11 is 0. The number of benzene rings is 2. The van der Waals surface area contributed by atoms with Crippen molar-refractivity contribution in [2.45, 2.75) is 44.1 Å². The number of carbonyl (C=O) groups excluding carboxylic acids is 2. The zero-order valence-corrected chi connectivity index (χ0v) is 19.6. The molecule has 180 valence electrons. The molecule has 2 fully saturated rings. The Morgan fingerprint density at radius 3 is 2.38 bits per heavy atom. The van der Waals surface area contributed by atoms with Crippen LogP contribution in [0.3, 0.4) is 0 Å². The summed E-state index contributed by atoms with van der Waals surface area (Å²) in [6.45, 7) is 3.86. The molecule has 3 aliphatic rings. The zero-order chi connectivity index (χ0) is 23.4. The number of hydrogen-bond donors (Lipinski definition) is 1. The van der Waals surface area contributed by atoms with Crippen LogP contribution in [0.25, 0.3) is 0 Å². The SMILES string of the molecule is O=C(CN1CCN(C(=O)C2(c3ccc4c(c3)OCO4)CCCCC2)CC1)NCc1ccccc1. The van der Waals surface area contributed by atoms with Crippen LogP contribution in [0.5, 0.6) is 11.5 Å². The Hall–Kier alpha value is -3.06. The fraction of sp³-hybridized carbons (Fsp3) is 0.481. The summed E-state index contributed by atoms with van der Waals surface area (Å²) in [5.74, 6) is 1.73. The highest BCUT2D eigenvalue weighted by Gasteiger charge is 2.44. The van der Waals surface area contributed by atoms with E-state index in [4.69, 9.17) is 9.47 Å². The zero-order valence-electron chi connectivity index (χ0n) is 19.6. The Balaban J connectivity index is 1.19. The van der Waals surface area contributed by atoms with Crippen molar-refractivity contribution in [1.29, 1.82) is 0 Å². The second kappa shape index (κ2) is 10.1. The first-order valence-corrected chi connectivity index (χ1v) is 12.4. The van der Waals surface area contributed by atoms with E-state index in [0.717, 1.165) is 48.3 Å². The highest BCUT2D eigenvalue weighted by Crippen LogP contribution is 2.44. The summed E-state index contributed by atoms with van der Waals surface area (Å²) in [6, 6.07) is 15.9. The maximum absolute atomic E-state index is 13.9. The van der Waals surface area contributed by atoms with Gasteiger partial charge in [0.15, 0.2) is 11.5 Å². The lowest BCUT2D eigenvalue weighted by molar-refractivity contribution is -0.140. The van der Waals surface area contributed by atoms with Crippen molar-refractivity contribution in [3.05, 3.63) is 59.7 Å². The summed E-state index contributed by atoms with van der Waals surface area (Å²) < 4.78 is 11.1. The van der Waals surface area contributed by atoms with Gasteiger partial charge in [0, 0.05) is 32.7 Å². The first-order valence-electron chi connectivity index (χ1n) is 12.4. The van der Waals surface area contributed by atoms with Gasteiger partial charge >= 0.3 is 0 Å². The van der Waals surface area contributed by atoms with Gasteiger partial charge in [-0.05, 0) is 36.1 Å². The maximum Gasteiger partial charge on any atom is 0.234 e. The van der Waals surface area contributed by atoms with Crippen molar-refractivity contribution in [3.63, 3.8) is 0 Å². The third kappa shape index (κ3) is 4.75. The van der Waals surface area contributed by atoms with Crippen LogP contribution >= 0.6 is 0 Å². The second-order valence-electron chi connectivity index (χ2n) is 9.54. The molecule has 7 nitrogen and oxygen atoms in total. The monoisotopic (exact) mass is 463 g/mol. The summed E-state index contributed by atoms with van der Waals surface area (Å²) in [5.41, 5.74) is 1.64. The Morgan fingerprint density at radius 1 is 0.882 bits per heavy atom. The molecule has 2 aliphatic heterocycles. The number of carbonyl (C=O) groups is 2. The molecule has 1 aliphatic carbocycles. The van der Waals surface area contributed by atoms with Crippen LogP contribution in [-0.2, 0) is 21.5 Å². The molecule has 0 atom stereocenters. The summed E-state index contributed by atoms with van der Waals surface area (Å²) in [4.78, 5) is 30.5. The van der Waals surface area contributed by atoms with E-state index in [1.165, 1.54) is 6.42 Å². The molecular formula is C27H33N3O4. The van der Waals surface area contributed by atoms with E-state index in [-0.39, 0.29) is 18.6 Å². The third-order valence-electron chi connectivity index (χ3n) is 7.40. The first-order chi connectivity index (χ1) is 16.6. The average molecular weight is 464 g/mol. The number of nitrogens with one attached hydrogen (secondary N) is 1. The van der Waals surface area contributed by atoms with Gasteiger partial charge in [0.05, 0.1) is 12.0 Å². The number of amides is 2. The van der Waals surface area contributed by atoms with Crippen LogP contribution in [0.4, 0.5) is 0 Å². The van der Waals surface area contributed by atoms with E-state index in [1.54, 1.807) is 0 Å². The molecule has 2 amide bonds. The van der Waals surface area contributed by atoms with E-state index in [0.29, 0.717) is 39.3 Å². The largest absolute Gasteiger partial charge is 0.454 e. The van der Waals surface area contributed by atoms with Crippen LogP contribution in [-0.4, -0.2) is 61.1 Å². The van der Waals surface area contributed by atoms with Crippen LogP contribution in [0.2, 0.25) is 0 Å². The molecule has 0 aromatic heterocycles. The van der Waals surface area contributed by atoms with E-state index in [2.05, 4.69) is 10.2 Å². The molecule has 2 heterocycles.